The summed E-state index contributed by atoms with van der Waals surface area (Å²) in [5.74, 6) is -0.585. The minimum absolute atomic E-state index is 0.00458. The predicted molar refractivity (Wildman–Crippen MR) is 129 cm³/mol. The number of fused-ring (bicyclic) bond motifs is 1. The molecule has 0 bridgehead atoms. The number of nitrogens with one attached hydrogen (secondary N) is 2. The van der Waals surface area contributed by atoms with Crippen molar-refractivity contribution in [3.05, 3.63) is 75.9 Å². The van der Waals surface area contributed by atoms with Crippen LogP contribution in [0, 0.1) is 5.92 Å². The molecule has 0 radical (unpaired) electrons. The number of hydrogen-bond acceptors (Lipinski definition) is 5. The van der Waals surface area contributed by atoms with E-state index in [1.165, 1.54) is 11.3 Å². The van der Waals surface area contributed by atoms with Gasteiger partial charge in [-0.05, 0) is 35.7 Å². The summed E-state index contributed by atoms with van der Waals surface area (Å²) < 4.78 is 0. The van der Waals surface area contributed by atoms with Crippen LogP contribution in [0.3, 0.4) is 0 Å². The van der Waals surface area contributed by atoms with Crippen molar-refractivity contribution in [2.45, 2.75) is 19.3 Å². The van der Waals surface area contributed by atoms with E-state index in [1.54, 1.807) is 4.90 Å². The molecule has 168 valence electrons. The highest BCUT2D eigenvalue weighted by atomic mass is 35.5. The lowest BCUT2D eigenvalue weighted by Crippen LogP contribution is -2.30. The second kappa shape index (κ2) is 9.33. The lowest BCUT2D eigenvalue weighted by molar-refractivity contribution is -0.128. The Bertz CT molecular complexity index is 1300. The molecule has 1 aliphatic rings. The molecule has 4 aromatic rings. The number of carbonyl (C=O) groups excluding carboxylic acids is 2. The Balaban J connectivity index is 1.16. The van der Waals surface area contributed by atoms with Crippen LogP contribution in [-0.2, 0) is 22.4 Å². The van der Waals surface area contributed by atoms with Gasteiger partial charge in [-0.3, -0.25) is 9.59 Å². The zero-order valence-corrected chi connectivity index (χ0v) is 19.3. The molecule has 9 heteroatoms. The number of amides is 2. The average Bonchev–Trinajstić information content (AvgIpc) is 3.52. The van der Waals surface area contributed by atoms with E-state index in [-0.39, 0.29) is 18.2 Å². The molecule has 2 aromatic carbocycles. The number of aromatic nitrogens is 3. The summed E-state index contributed by atoms with van der Waals surface area (Å²) >= 11 is 7.49. The standard InChI is InChI=1S/C24H22ClN5O2S/c25-18-6-7-20-19(12-18)16(13-26-20)8-9-30-14-17(11-22(30)31)23(32)27-24-29-28-21(33-24)10-15-4-2-1-3-5-15/h1-7,12-13,17,26H,8-11,14H2,(H,27,29,32)/t17-/m0/s1. The van der Waals surface area contributed by atoms with E-state index in [2.05, 4.69) is 20.5 Å². The molecule has 0 unspecified atom stereocenters. The molecule has 1 atom stereocenters. The number of H-pyrrole nitrogens is 1. The van der Waals surface area contributed by atoms with Crippen molar-refractivity contribution in [2.24, 2.45) is 5.92 Å². The van der Waals surface area contributed by atoms with E-state index in [4.69, 9.17) is 11.6 Å². The van der Waals surface area contributed by atoms with Gasteiger partial charge in [0.1, 0.15) is 5.01 Å². The molecule has 2 aromatic heterocycles. The lowest BCUT2D eigenvalue weighted by Gasteiger charge is -2.16. The number of carbonyl (C=O) groups is 2. The van der Waals surface area contributed by atoms with E-state index >= 15 is 0 Å². The second-order valence-corrected chi connectivity index (χ2v) is 9.65. The van der Waals surface area contributed by atoms with Crippen LogP contribution >= 0.6 is 22.9 Å². The molecular weight excluding hydrogens is 458 g/mol. The van der Waals surface area contributed by atoms with E-state index in [1.807, 2.05) is 54.7 Å². The van der Waals surface area contributed by atoms with Crippen LogP contribution in [0.2, 0.25) is 5.02 Å². The molecule has 0 saturated carbocycles. The molecule has 0 spiro atoms. The zero-order chi connectivity index (χ0) is 22.8. The Hall–Kier alpha value is -3.23. The number of anilines is 1. The van der Waals surface area contributed by atoms with Gasteiger partial charge in [-0.15, -0.1) is 10.2 Å². The summed E-state index contributed by atoms with van der Waals surface area (Å²) in [5, 5.41) is 14.1. The third-order valence-corrected chi connectivity index (χ3v) is 6.93. The highest BCUT2D eigenvalue weighted by Crippen LogP contribution is 2.25. The van der Waals surface area contributed by atoms with Crippen molar-refractivity contribution in [1.82, 2.24) is 20.1 Å². The Morgan fingerprint density at radius 1 is 1.21 bits per heavy atom. The third kappa shape index (κ3) is 4.91. The normalized spacial score (nSPS) is 16.0. The topological polar surface area (TPSA) is 91.0 Å². The fraction of sp³-hybridized carbons (Fsp3) is 0.250. The fourth-order valence-electron chi connectivity index (χ4n) is 4.13. The molecular formula is C24H22ClN5O2S. The number of hydrogen-bond donors (Lipinski definition) is 2. The maximum Gasteiger partial charge on any atom is 0.231 e. The molecule has 3 heterocycles. The monoisotopic (exact) mass is 479 g/mol. The fourth-order valence-corrected chi connectivity index (χ4v) is 5.08. The van der Waals surface area contributed by atoms with E-state index in [9.17, 15) is 9.59 Å². The molecule has 33 heavy (non-hydrogen) atoms. The summed E-state index contributed by atoms with van der Waals surface area (Å²) in [6.45, 7) is 0.964. The SMILES string of the molecule is O=C(Nc1nnc(Cc2ccccc2)s1)[C@H]1CC(=O)N(CCc2c[nH]c3ccc(Cl)cc23)C1. The molecule has 2 amide bonds. The largest absolute Gasteiger partial charge is 0.361 e. The zero-order valence-electron chi connectivity index (χ0n) is 17.8. The highest BCUT2D eigenvalue weighted by molar-refractivity contribution is 7.15. The van der Waals surface area contributed by atoms with Crippen LogP contribution < -0.4 is 5.32 Å². The van der Waals surface area contributed by atoms with Crippen molar-refractivity contribution < 1.29 is 9.59 Å². The summed E-state index contributed by atoms with van der Waals surface area (Å²) in [5.41, 5.74) is 3.26. The van der Waals surface area contributed by atoms with Crippen molar-refractivity contribution in [1.29, 1.82) is 0 Å². The van der Waals surface area contributed by atoms with E-state index < -0.39 is 5.92 Å². The Morgan fingerprint density at radius 2 is 2.06 bits per heavy atom. The predicted octanol–water partition coefficient (Wildman–Crippen LogP) is 4.29. The van der Waals surface area contributed by atoms with Crippen LogP contribution in [0.4, 0.5) is 5.13 Å². The smallest absolute Gasteiger partial charge is 0.231 e. The van der Waals surface area contributed by atoms with Gasteiger partial charge in [0.25, 0.3) is 0 Å². The second-order valence-electron chi connectivity index (χ2n) is 8.15. The summed E-state index contributed by atoms with van der Waals surface area (Å²) in [6.07, 6.45) is 3.53. The van der Waals surface area contributed by atoms with Crippen LogP contribution in [0.5, 0.6) is 0 Å². The van der Waals surface area contributed by atoms with E-state index in [0.29, 0.717) is 36.1 Å². The molecule has 0 aliphatic carbocycles. The van der Waals surface area contributed by atoms with Gasteiger partial charge >= 0.3 is 0 Å². The van der Waals surface area contributed by atoms with Gasteiger partial charge in [-0.25, -0.2) is 0 Å². The minimum atomic E-state index is -0.392. The number of benzene rings is 2. The number of nitrogens with zero attached hydrogens (tertiary/aromatic N) is 3. The minimum Gasteiger partial charge on any atom is -0.361 e. The quantitative estimate of drug-likeness (QED) is 0.413. The maximum atomic E-state index is 12.7. The average molecular weight is 480 g/mol. The van der Waals surface area contributed by atoms with Gasteiger partial charge in [0.05, 0.1) is 5.92 Å². The van der Waals surface area contributed by atoms with Crippen LogP contribution in [-0.4, -0.2) is 45.0 Å². The molecule has 1 fully saturated rings. The van der Waals surface area contributed by atoms with Gasteiger partial charge < -0.3 is 15.2 Å². The van der Waals surface area contributed by atoms with Gasteiger partial charge in [-0.2, -0.15) is 0 Å². The Labute approximate surface area is 199 Å². The number of rotatable bonds is 7. The number of likely N-dealkylation sites (tertiary alicyclic amines) is 1. The first kappa shape index (κ1) is 21.6. The first-order chi connectivity index (χ1) is 16.0. The van der Waals surface area contributed by atoms with Gasteiger partial charge in [0.15, 0.2) is 0 Å². The molecule has 1 saturated heterocycles. The number of halogens is 1. The van der Waals surface area contributed by atoms with Crippen molar-refractivity contribution in [3.8, 4) is 0 Å². The first-order valence-corrected chi connectivity index (χ1v) is 11.9. The Morgan fingerprint density at radius 3 is 2.91 bits per heavy atom. The van der Waals surface area contributed by atoms with Crippen LogP contribution in [0.1, 0.15) is 22.6 Å². The van der Waals surface area contributed by atoms with Crippen LogP contribution in [0.15, 0.2) is 54.7 Å². The summed E-state index contributed by atoms with van der Waals surface area (Å²) in [6, 6.07) is 15.7. The molecule has 1 aliphatic heterocycles. The molecule has 5 rings (SSSR count). The maximum absolute atomic E-state index is 12.7. The molecule has 7 nitrogen and oxygen atoms in total. The van der Waals surface area contributed by atoms with Gasteiger partial charge in [0.2, 0.25) is 16.9 Å². The number of aromatic amines is 1. The highest BCUT2D eigenvalue weighted by Gasteiger charge is 2.34. The summed E-state index contributed by atoms with van der Waals surface area (Å²) in [4.78, 5) is 30.3. The third-order valence-electron chi connectivity index (χ3n) is 5.86. The van der Waals surface area contributed by atoms with E-state index in [0.717, 1.165) is 27.0 Å². The lowest BCUT2D eigenvalue weighted by atomic mass is 10.1. The van der Waals surface area contributed by atoms with Crippen LogP contribution in [0.25, 0.3) is 10.9 Å². The summed E-state index contributed by atoms with van der Waals surface area (Å²) in [7, 11) is 0. The van der Waals surface area contributed by atoms with Crippen molar-refractivity contribution in [3.63, 3.8) is 0 Å². The Kier molecular flexibility index (Phi) is 6.11. The van der Waals surface area contributed by atoms with Gasteiger partial charge in [-0.1, -0.05) is 53.3 Å². The van der Waals surface area contributed by atoms with Crippen molar-refractivity contribution in [2.75, 3.05) is 18.4 Å². The van der Waals surface area contributed by atoms with Crippen molar-refractivity contribution >= 4 is 50.8 Å². The first-order valence-electron chi connectivity index (χ1n) is 10.8. The molecule has 2 N–H and O–H groups in total. The van der Waals surface area contributed by atoms with Gasteiger partial charge in [0, 0.05) is 48.1 Å².